The molecule has 1 heterocycles. The van der Waals surface area contributed by atoms with Crippen LogP contribution in [0.1, 0.15) is 5.56 Å². The summed E-state index contributed by atoms with van der Waals surface area (Å²) in [6.07, 6.45) is 2.27. The predicted molar refractivity (Wildman–Crippen MR) is 90.1 cm³/mol. The Kier molecular flexibility index (Phi) is 4.55. The van der Waals surface area contributed by atoms with Gasteiger partial charge in [-0.3, -0.25) is 0 Å². The third kappa shape index (κ3) is 3.42. The van der Waals surface area contributed by atoms with Crippen molar-refractivity contribution in [2.45, 2.75) is 11.3 Å². The Balaban J connectivity index is 1.68. The van der Waals surface area contributed by atoms with Crippen molar-refractivity contribution in [1.82, 2.24) is 9.71 Å². The van der Waals surface area contributed by atoms with Gasteiger partial charge in [0.1, 0.15) is 11.6 Å². The number of rotatable bonds is 6. The zero-order valence-electron chi connectivity index (χ0n) is 13.0. The van der Waals surface area contributed by atoms with Crippen LogP contribution in [0.5, 0.6) is 5.75 Å². The highest BCUT2D eigenvalue weighted by Crippen LogP contribution is 2.20. The topological polar surface area (TPSA) is 71.2 Å². The lowest BCUT2D eigenvalue weighted by Gasteiger charge is -2.07. The van der Waals surface area contributed by atoms with Crippen molar-refractivity contribution in [3.63, 3.8) is 0 Å². The molecule has 0 saturated carbocycles. The Labute approximate surface area is 139 Å². The van der Waals surface area contributed by atoms with E-state index in [0.717, 1.165) is 10.9 Å². The summed E-state index contributed by atoms with van der Waals surface area (Å²) in [6.45, 7) is 0.249. The third-order valence-corrected chi connectivity index (χ3v) is 5.26. The third-order valence-electron chi connectivity index (χ3n) is 3.79. The van der Waals surface area contributed by atoms with Crippen molar-refractivity contribution >= 4 is 20.9 Å². The molecule has 0 aliphatic rings. The summed E-state index contributed by atoms with van der Waals surface area (Å²) in [7, 11) is -2.05. The maximum absolute atomic E-state index is 13.2. The fourth-order valence-corrected chi connectivity index (χ4v) is 3.56. The zero-order valence-corrected chi connectivity index (χ0v) is 13.9. The minimum Gasteiger partial charge on any atom is -0.497 e. The maximum Gasteiger partial charge on any atom is 0.240 e. The summed E-state index contributed by atoms with van der Waals surface area (Å²) in [5.41, 5.74) is 1.63. The smallest absolute Gasteiger partial charge is 0.240 e. The van der Waals surface area contributed by atoms with Gasteiger partial charge in [0.25, 0.3) is 0 Å². The standard InChI is InChI=1S/C17H17FN2O3S/c1-23-14-3-5-15(6-4-14)24(21,22)20-9-8-12-11-19-17-10-13(18)2-7-16(12)17/h2-7,10-11,19-20H,8-9H2,1H3. The van der Waals surface area contributed by atoms with E-state index in [0.29, 0.717) is 17.7 Å². The number of aromatic amines is 1. The minimum absolute atomic E-state index is 0.185. The normalized spacial score (nSPS) is 11.8. The van der Waals surface area contributed by atoms with Gasteiger partial charge in [-0.1, -0.05) is 0 Å². The van der Waals surface area contributed by atoms with E-state index in [2.05, 4.69) is 9.71 Å². The molecule has 7 heteroatoms. The van der Waals surface area contributed by atoms with E-state index >= 15 is 0 Å². The molecule has 0 fully saturated rings. The van der Waals surface area contributed by atoms with Gasteiger partial charge in [0.2, 0.25) is 10.0 Å². The molecule has 0 amide bonds. The first-order valence-corrected chi connectivity index (χ1v) is 8.87. The number of hydrogen-bond acceptors (Lipinski definition) is 3. The van der Waals surface area contributed by atoms with Gasteiger partial charge in [-0.05, 0) is 54.4 Å². The van der Waals surface area contributed by atoms with Crippen molar-refractivity contribution in [1.29, 1.82) is 0 Å². The predicted octanol–water partition coefficient (Wildman–Crippen LogP) is 2.84. The second-order valence-electron chi connectivity index (χ2n) is 5.33. The van der Waals surface area contributed by atoms with E-state index in [-0.39, 0.29) is 17.3 Å². The first kappa shape index (κ1) is 16.5. The average Bonchev–Trinajstić information content (AvgIpc) is 2.97. The summed E-state index contributed by atoms with van der Waals surface area (Å²) in [5, 5.41) is 0.889. The van der Waals surface area contributed by atoms with Gasteiger partial charge < -0.3 is 9.72 Å². The minimum atomic E-state index is -3.57. The van der Waals surface area contributed by atoms with Crippen molar-refractivity contribution in [3.05, 3.63) is 60.0 Å². The van der Waals surface area contributed by atoms with Crippen LogP contribution < -0.4 is 9.46 Å². The van der Waals surface area contributed by atoms with Crippen LogP contribution in [0.25, 0.3) is 10.9 Å². The molecular formula is C17H17FN2O3S. The second kappa shape index (κ2) is 6.62. The molecule has 0 unspecified atom stereocenters. The lowest BCUT2D eigenvalue weighted by Crippen LogP contribution is -2.25. The summed E-state index contributed by atoms with van der Waals surface area (Å²) in [6, 6.07) is 10.7. The summed E-state index contributed by atoms with van der Waals surface area (Å²) >= 11 is 0. The number of sulfonamides is 1. The van der Waals surface area contributed by atoms with Crippen LogP contribution in [0.3, 0.4) is 0 Å². The number of halogens is 1. The highest BCUT2D eigenvalue weighted by molar-refractivity contribution is 7.89. The lowest BCUT2D eigenvalue weighted by molar-refractivity contribution is 0.414. The molecule has 0 bridgehead atoms. The van der Waals surface area contributed by atoms with Crippen LogP contribution in [0.4, 0.5) is 4.39 Å². The summed E-state index contributed by atoms with van der Waals surface area (Å²) in [4.78, 5) is 3.17. The largest absolute Gasteiger partial charge is 0.497 e. The average molecular weight is 348 g/mol. The Bertz CT molecular complexity index is 950. The molecule has 2 aromatic carbocycles. The first-order valence-electron chi connectivity index (χ1n) is 7.39. The SMILES string of the molecule is COc1ccc(S(=O)(=O)NCCc2c[nH]c3cc(F)ccc23)cc1. The zero-order chi connectivity index (χ0) is 17.2. The lowest BCUT2D eigenvalue weighted by atomic mass is 10.1. The number of H-pyrrole nitrogens is 1. The van der Waals surface area contributed by atoms with Gasteiger partial charge in [0.15, 0.2) is 0 Å². The fourth-order valence-electron chi connectivity index (χ4n) is 2.52. The van der Waals surface area contributed by atoms with Crippen LogP contribution in [0, 0.1) is 5.82 Å². The Morgan fingerprint density at radius 2 is 1.92 bits per heavy atom. The molecule has 5 nitrogen and oxygen atoms in total. The molecule has 0 aliphatic heterocycles. The number of fused-ring (bicyclic) bond motifs is 1. The molecule has 3 aromatic rings. The van der Waals surface area contributed by atoms with E-state index in [1.807, 2.05) is 0 Å². The molecule has 0 saturated heterocycles. The van der Waals surface area contributed by atoms with Crippen molar-refractivity contribution in [2.75, 3.05) is 13.7 Å². The van der Waals surface area contributed by atoms with Gasteiger partial charge >= 0.3 is 0 Å². The molecule has 3 rings (SSSR count). The first-order chi connectivity index (χ1) is 11.5. The Morgan fingerprint density at radius 3 is 2.62 bits per heavy atom. The van der Waals surface area contributed by atoms with Crippen LogP contribution >= 0.6 is 0 Å². The number of nitrogens with one attached hydrogen (secondary N) is 2. The van der Waals surface area contributed by atoms with Crippen LogP contribution in [-0.2, 0) is 16.4 Å². The van der Waals surface area contributed by atoms with Crippen molar-refractivity contribution in [3.8, 4) is 5.75 Å². The van der Waals surface area contributed by atoms with E-state index in [4.69, 9.17) is 4.74 Å². The molecule has 126 valence electrons. The Hall–Kier alpha value is -2.38. The summed E-state index contributed by atoms with van der Waals surface area (Å²) in [5.74, 6) is 0.288. The quantitative estimate of drug-likeness (QED) is 0.720. The van der Waals surface area contributed by atoms with Crippen LogP contribution in [0.15, 0.2) is 53.6 Å². The maximum atomic E-state index is 13.2. The fraction of sp³-hybridized carbons (Fsp3) is 0.176. The van der Waals surface area contributed by atoms with Crippen molar-refractivity contribution < 1.29 is 17.5 Å². The van der Waals surface area contributed by atoms with Gasteiger partial charge in [-0.25, -0.2) is 17.5 Å². The number of aromatic nitrogens is 1. The highest BCUT2D eigenvalue weighted by Gasteiger charge is 2.14. The van der Waals surface area contributed by atoms with E-state index in [1.54, 1.807) is 24.4 Å². The Morgan fingerprint density at radius 1 is 1.17 bits per heavy atom. The molecule has 0 atom stereocenters. The van der Waals surface area contributed by atoms with Crippen molar-refractivity contribution in [2.24, 2.45) is 0 Å². The molecule has 0 spiro atoms. The summed E-state index contributed by atoms with van der Waals surface area (Å²) < 4.78 is 45.3. The molecule has 0 radical (unpaired) electrons. The van der Waals surface area contributed by atoms with Gasteiger partial charge in [0, 0.05) is 23.6 Å². The van der Waals surface area contributed by atoms with Gasteiger partial charge in [0.05, 0.1) is 12.0 Å². The number of benzene rings is 2. The van der Waals surface area contributed by atoms with Crippen LogP contribution in [0.2, 0.25) is 0 Å². The van der Waals surface area contributed by atoms with Gasteiger partial charge in [-0.15, -0.1) is 0 Å². The molecule has 2 N–H and O–H groups in total. The second-order valence-corrected chi connectivity index (χ2v) is 7.09. The highest BCUT2D eigenvalue weighted by atomic mass is 32.2. The number of hydrogen-bond donors (Lipinski definition) is 2. The molecular weight excluding hydrogens is 331 g/mol. The molecule has 1 aromatic heterocycles. The van der Waals surface area contributed by atoms with E-state index < -0.39 is 10.0 Å². The number of ether oxygens (including phenoxy) is 1. The number of methoxy groups -OCH3 is 1. The monoisotopic (exact) mass is 348 g/mol. The molecule has 24 heavy (non-hydrogen) atoms. The van der Waals surface area contributed by atoms with Gasteiger partial charge in [-0.2, -0.15) is 0 Å². The van der Waals surface area contributed by atoms with Crippen LogP contribution in [-0.4, -0.2) is 27.1 Å². The van der Waals surface area contributed by atoms with E-state index in [1.165, 1.54) is 31.4 Å². The molecule has 0 aliphatic carbocycles. The van der Waals surface area contributed by atoms with E-state index in [9.17, 15) is 12.8 Å².